The van der Waals surface area contributed by atoms with Crippen LogP contribution in [0.5, 0.6) is 0 Å². The van der Waals surface area contributed by atoms with Crippen LogP contribution in [-0.2, 0) is 6.42 Å². The first-order chi connectivity index (χ1) is 11.4. The summed E-state index contributed by atoms with van der Waals surface area (Å²) in [4.78, 5) is 12.7. The number of hydrogen-bond donors (Lipinski definition) is 0. The van der Waals surface area contributed by atoms with Gasteiger partial charge in [-0.2, -0.15) is 0 Å². The molecular formula is C21H38N2O. The average Bonchev–Trinajstić information content (AvgIpc) is 2.84. The van der Waals surface area contributed by atoms with Crippen LogP contribution in [0.1, 0.15) is 104 Å². The van der Waals surface area contributed by atoms with Crippen LogP contribution in [0.4, 0.5) is 0 Å². The molecule has 2 unspecified atom stereocenters. The Balaban J connectivity index is 2.17. The summed E-state index contributed by atoms with van der Waals surface area (Å²) in [5.74, 6) is 1.59. The van der Waals surface area contributed by atoms with Crippen molar-refractivity contribution in [2.24, 2.45) is 11.8 Å². The van der Waals surface area contributed by atoms with Crippen molar-refractivity contribution in [3.8, 4) is 0 Å². The Hall–Kier alpha value is -0.990. The maximum atomic E-state index is 12.7. The molecule has 0 N–H and O–H groups in total. The number of hydrogen-bond acceptors (Lipinski definition) is 1. The second-order valence-electron chi connectivity index (χ2n) is 8.61. The first-order valence-electron chi connectivity index (χ1n) is 10.2. The fraction of sp³-hybridized carbons (Fsp3) is 0.857. The molecule has 0 radical (unpaired) electrons. The topological polar surface area (TPSA) is 26.9 Å². The van der Waals surface area contributed by atoms with E-state index in [1.165, 1.54) is 57.1 Å². The van der Waals surface area contributed by atoms with E-state index in [9.17, 15) is 4.79 Å². The summed E-state index contributed by atoms with van der Waals surface area (Å²) in [5, 5.41) is 0. The zero-order chi connectivity index (χ0) is 17.7. The minimum absolute atomic E-state index is 0.170. The van der Waals surface area contributed by atoms with E-state index in [0.29, 0.717) is 0 Å². The van der Waals surface area contributed by atoms with Crippen LogP contribution in [0.25, 0.3) is 0 Å². The predicted molar refractivity (Wildman–Crippen MR) is 103 cm³/mol. The highest BCUT2D eigenvalue weighted by atomic mass is 16.1. The summed E-state index contributed by atoms with van der Waals surface area (Å²) in [6.07, 6.45) is 14.1. The van der Waals surface area contributed by atoms with Gasteiger partial charge in [0.25, 0.3) is 0 Å². The molecule has 1 heterocycles. The summed E-state index contributed by atoms with van der Waals surface area (Å²) in [6.45, 7) is 10.9. The average molecular weight is 335 g/mol. The predicted octanol–water partition coefficient (Wildman–Crippen LogP) is 5.74. The van der Waals surface area contributed by atoms with Crippen LogP contribution in [0.3, 0.4) is 0 Å². The summed E-state index contributed by atoms with van der Waals surface area (Å²) >= 11 is 0. The van der Waals surface area contributed by atoms with Crippen LogP contribution in [-0.4, -0.2) is 9.13 Å². The van der Waals surface area contributed by atoms with E-state index in [2.05, 4.69) is 40.8 Å². The van der Waals surface area contributed by atoms with Gasteiger partial charge in [-0.15, -0.1) is 0 Å². The SMILES string of the molecule is CC1CCCCCCC(Cc2cn(C(C)C)c(=O)n2C(C)C)CC1. The fourth-order valence-electron chi connectivity index (χ4n) is 4.19. The molecular weight excluding hydrogens is 296 g/mol. The Morgan fingerprint density at radius 2 is 1.62 bits per heavy atom. The number of rotatable bonds is 4. The second kappa shape index (κ2) is 8.92. The van der Waals surface area contributed by atoms with Crippen LogP contribution < -0.4 is 5.69 Å². The molecule has 2 rings (SSSR count). The van der Waals surface area contributed by atoms with E-state index >= 15 is 0 Å². The first kappa shape index (κ1) is 19.3. The molecule has 24 heavy (non-hydrogen) atoms. The van der Waals surface area contributed by atoms with Gasteiger partial charge >= 0.3 is 5.69 Å². The van der Waals surface area contributed by atoms with Gasteiger partial charge in [-0.05, 0) is 52.4 Å². The minimum Gasteiger partial charge on any atom is -0.296 e. The molecule has 1 saturated carbocycles. The molecule has 0 bridgehead atoms. The molecule has 0 aliphatic heterocycles. The van der Waals surface area contributed by atoms with Crippen LogP contribution in [0.15, 0.2) is 11.0 Å². The highest BCUT2D eigenvalue weighted by Crippen LogP contribution is 2.27. The third-order valence-electron chi connectivity index (χ3n) is 5.72. The van der Waals surface area contributed by atoms with Crippen molar-refractivity contribution < 1.29 is 0 Å². The maximum Gasteiger partial charge on any atom is 0.328 e. The van der Waals surface area contributed by atoms with Crippen LogP contribution in [0.2, 0.25) is 0 Å². The zero-order valence-corrected chi connectivity index (χ0v) is 16.6. The van der Waals surface area contributed by atoms with Crippen molar-refractivity contribution in [2.45, 2.75) is 104 Å². The third kappa shape index (κ3) is 5.00. The molecule has 1 aliphatic rings. The van der Waals surface area contributed by atoms with Crippen molar-refractivity contribution >= 4 is 0 Å². The van der Waals surface area contributed by atoms with Crippen molar-refractivity contribution in [3.05, 3.63) is 22.4 Å². The molecule has 1 aromatic rings. The molecule has 0 saturated heterocycles. The molecule has 138 valence electrons. The van der Waals surface area contributed by atoms with E-state index in [1.807, 2.05) is 9.13 Å². The van der Waals surface area contributed by atoms with Crippen molar-refractivity contribution in [3.63, 3.8) is 0 Å². The number of nitrogens with zero attached hydrogens (tertiary/aromatic N) is 2. The summed E-state index contributed by atoms with van der Waals surface area (Å²) in [5.41, 5.74) is 1.42. The minimum atomic E-state index is 0.170. The van der Waals surface area contributed by atoms with E-state index in [1.54, 1.807) is 0 Å². The second-order valence-corrected chi connectivity index (χ2v) is 8.61. The van der Waals surface area contributed by atoms with Gasteiger partial charge in [-0.25, -0.2) is 4.79 Å². The first-order valence-corrected chi connectivity index (χ1v) is 10.2. The summed E-state index contributed by atoms with van der Waals surface area (Å²) in [7, 11) is 0. The highest BCUT2D eigenvalue weighted by Gasteiger charge is 2.20. The van der Waals surface area contributed by atoms with Gasteiger partial charge in [0, 0.05) is 24.0 Å². The normalized spacial score (nSPS) is 23.8. The van der Waals surface area contributed by atoms with Gasteiger partial charge in [-0.3, -0.25) is 9.13 Å². The van der Waals surface area contributed by atoms with E-state index in [4.69, 9.17) is 0 Å². The lowest BCUT2D eigenvalue weighted by Gasteiger charge is -2.22. The lowest BCUT2D eigenvalue weighted by Crippen LogP contribution is -2.27. The van der Waals surface area contributed by atoms with Crippen molar-refractivity contribution in [1.82, 2.24) is 9.13 Å². The van der Waals surface area contributed by atoms with Gasteiger partial charge in [-0.1, -0.05) is 51.9 Å². The van der Waals surface area contributed by atoms with Crippen molar-refractivity contribution in [1.29, 1.82) is 0 Å². The van der Waals surface area contributed by atoms with Crippen LogP contribution >= 0.6 is 0 Å². The van der Waals surface area contributed by atoms with E-state index in [-0.39, 0.29) is 17.8 Å². The molecule has 0 amide bonds. The fourth-order valence-corrected chi connectivity index (χ4v) is 4.19. The smallest absolute Gasteiger partial charge is 0.296 e. The maximum absolute atomic E-state index is 12.7. The lowest BCUT2D eigenvalue weighted by molar-refractivity contribution is 0.336. The molecule has 3 heteroatoms. The number of imidazole rings is 1. The lowest BCUT2D eigenvalue weighted by atomic mass is 9.85. The molecule has 0 spiro atoms. The summed E-state index contributed by atoms with van der Waals surface area (Å²) < 4.78 is 3.94. The van der Waals surface area contributed by atoms with E-state index < -0.39 is 0 Å². The highest BCUT2D eigenvalue weighted by molar-refractivity contribution is 5.05. The largest absolute Gasteiger partial charge is 0.328 e. The Labute approximate surface area is 148 Å². The molecule has 3 nitrogen and oxygen atoms in total. The molecule has 1 aliphatic carbocycles. The molecule has 1 fully saturated rings. The van der Waals surface area contributed by atoms with Crippen LogP contribution in [0, 0.1) is 11.8 Å². The third-order valence-corrected chi connectivity index (χ3v) is 5.72. The van der Waals surface area contributed by atoms with Gasteiger partial charge in [0.1, 0.15) is 0 Å². The standard InChI is InChI=1S/C21H38N2O/c1-16(2)22-15-20(23(17(3)4)21(22)24)14-19-11-9-7-6-8-10-18(5)12-13-19/h15-19H,6-14H2,1-5H3. The zero-order valence-electron chi connectivity index (χ0n) is 16.6. The van der Waals surface area contributed by atoms with Gasteiger partial charge in [0.15, 0.2) is 0 Å². The number of aromatic nitrogens is 2. The quantitative estimate of drug-likeness (QED) is 0.689. The summed E-state index contributed by atoms with van der Waals surface area (Å²) in [6, 6.07) is 0.478. The van der Waals surface area contributed by atoms with Gasteiger partial charge in [0.2, 0.25) is 0 Å². The Morgan fingerprint density at radius 3 is 2.25 bits per heavy atom. The molecule has 1 aromatic heterocycles. The van der Waals surface area contributed by atoms with Gasteiger partial charge < -0.3 is 0 Å². The monoisotopic (exact) mass is 334 g/mol. The Kier molecular flexibility index (Phi) is 7.18. The van der Waals surface area contributed by atoms with E-state index in [0.717, 1.165) is 18.3 Å². The molecule has 2 atom stereocenters. The Bertz CT molecular complexity index is 553. The van der Waals surface area contributed by atoms with Crippen molar-refractivity contribution in [2.75, 3.05) is 0 Å². The Morgan fingerprint density at radius 1 is 0.958 bits per heavy atom. The van der Waals surface area contributed by atoms with Gasteiger partial charge in [0.05, 0.1) is 0 Å². The molecule has 0 aromatic carbocycles.